The summed E-state index contributed by atoms with van der Waals surface area (Å²) in [5.41, 5.74) is 11.7. The fourth-order valence-corrected chi connectivity index (χ4v) is 4.22. The second-order valence-corrected chi connectivity index (χ2v) is 7.84. The van der Waals surface area contributed by atoms with Gasteiger partial charge in [0.25, 0.3) is 5.52 Å². The molecule has 0 saturated carbocycles. The number of nitrogens with two attached hydrogens (primary N) is 1. The van der Waals surface area contributed by atoms with E-state index in [0.29, 0.717) is 6.42 Å². The standard InChI is InChI=1S/C26H23N3O2/c1-29-21-13-7-5-11-18(21)24(26-25(29)19-12-6-8-14-23(19)31-26)28-16-22(30)20(27)15-17-9-3-2-4-10-17/h2-14,20H,15-16,27H2,1H3/p+1/t20-/m0/s1. The van der Waals surface area contributed by atoms with Crippen molar-refractivity contribution in [2.75, 3.05) is 11.9 Å². The molecule has 5 heteroatoms. The number of hydrogen-bond acceptors (Lipinski definition) is 4. The molecule has 0 spiro atoms. The molecule has 5 rings (SSSR count). The number of ketones is 1. The highest BCUT2D eigenvalue weighted by atomic mass is 16.3. The van der Waals surface area contributed by atoms with E-state index in [-0.39, 0.29) is 12.3 Å². The first-order valence-corrected chi connectivity index (χ1v) is 10.4. The van der Waals surface area contributed by atoms with Gasteiger partial charge in [-0.3, -0.25) is 4.79 Å². The van der Waals surface area contributed by atoms with Crippen molar-refractivity contribution in [3.8, 4) is 0 Å². The van der Waals surface area contributed by atoms with Crippen molar-refractivity contribution in [1.82, 2.24) is 0 Å². The van der Waals surface area contributed by atoms with Gasteiger partial charge in [-0.25, -0.2) is 0 Å². The Hall–Kier alpha value is -3.70. The number of anilines is 1. The van der Waals surface area contributed by atoms with Crippen LogP contribution in [0.15, 0.2) is 83.3 Å². The van der Waals surface area contributed by atoms with Crippen molar-refractivity contribution < 1.29 is 13.8 Å². The Morgan fingerprint density at radius 2 is 1.65 bits per heavy atom. The lowest BCUT2D eigenvalue weighted by atomic mass is 10.0. The van der Waals surface area contributed by atoms with Gasteiger partial charge >= 0.3 is 0 Å². The van der Waals surface area contributed by atoms with Gasteiger partial charge in [-0.05, 0) is 30.2 Å². The predicted molar refractivity (Wildman–Crippen MR) is 124 cm³/mol. The highest BCUT2D eigenvalue weighted by Gasteiger charge is 2.25. The monoisotopic (exact) mass is 410 g/mol. The van der Waals surface area contributed by atoms with Crippen LogP contribution in [0.1, 0.15) is 5.56 Å². The van der Waals surface area contributed by atoms with Crippen LogP contribution in [0.2, 0.25) is 0 Å². The topological polar surface area (TPSA) is 72.1 Å². The number of hydrogen-bond donors (Lipinski definition) is 2. The number of pyridine rings is 1. The third-order valence-electron chi connectivity index (χ3n) is 5.82. The van der Waals surface area contributed by atoms with Crippen LogP contribution in [0.3, 0.4) is 0 Å². The molecule has 2 heterocycles. The van der Waals surface area contributed by atoms with E-state index in [0.717, 1.165) is 44.2 Å². The molecule has 3 N–H and O–H groups in total. The fourth-order valence-electron chi connectivity index (χ4n) is 4.22. The SMILES string of the molecule is C[n+]1c2ccccc2c(NCC(=O)[C@@H](N)Cc2ccccc2)c2oc3ccccc3c21. The molecule has 0 aliphatic heterocycles. The van der Waals surface area contributed by atoms with Crippen LogP contribution in [0.5, 0.6) is 0 Å². The number of fused-ring (bicyclic) bond motifs is 4. The largest absolute Gasteiger partial charge is 0.447 e. The second-order valence-electron chi connectivity index (χ2n) is 7.84. The number of nitrogens with zero attached hydrogens (tertiary/aromatic N) is 1. The highest BCUT2D eigenvalue weighted by Crippen LogP contribution is 2.35. The number of aromatic nitrogens is 1. The number of benzene rings is 3. The highest BCUT2D eigenvalue weighted by molar-refractivity contribution is 6.11. The summed E-state index contributed by atoms with van der Waals surface area (Å²) in [6.45, 7) is 0.137. The smallest absolute Gasteiger partial charge is 0.261 e. The molecule has 0 amide bonds. The zero-order valence-corrected chi connectivity index (χ0v) is 17.3. The van der Waals surface area contributed by atoms with E-state index in [1.165, 1.54) is 0 Å². The Morgan fingerprint density at radius 3 is 2.45 bits per heavy atom. The van der Waals surface area contributed by atoms with Crippen molar-refractivity contribution in [2.45, 2.75) is 12.5 Å². The lowest BCUT2D eigenvalue weighted by molar-refractivity contribution is -0.616. The van der Waals surface area contributed by atoms with Crippen molar-refractivity contribution in [1.29, 1.82) is 0 Å². The second kappa shape index (κ2) is 7.85. The zero-order valence-electron chi connectivity index (χ0n) is 17.3. The maximum atomic E-state index is 12.8. The maximum absolute atomic E-state index is 12.8. The molecule has 5 aromatic rings. The van der Waals surface area contributed by atoms with Gasteiger partial charge in [0.1, 0.15) is 12.6 Å². The summed E-state index contributed by atoms with van der Waals surface area (Å²) >= 11 is 0. The third-order valence-corrected chi connectivity index (χ3v) is 5.82. The molecule has 31 heavy (non-hydrogen) atoms. The number of aryl methyl sites for hydroxylation is 1. The number of rotatable bonds is 6. The zero-order chi connectivity index (χ0) is 21.4. The molecule has 0 unspecified atom stereocenters. The number of carbonyl (C=O) groups is 1. The van der Waals surface area contributed by atoms with E-state index < -0.39 is 6.04 Å². The van der Waals surface area contributed by atoms with Crippen LogP contribution in [0.25, 0.3) is 33.0 Å². The normalized spacial score (nSPS) is 12.5. The van der Waals surface area contributed by atoms with E-state index in [1.54, 1.807) is 0 Å². The summed E-state index contributed by atoms with van der Waals surface area (Å²) in [5.74, 6) is -0.0366. The Morgan fingerprint density at radius 1 is 0.968 bits per heavy atom. The number of para-hydroxylation sites is 2. The average Bonchev–Trinajstić information content (AvgIpc) is 3.19. The Kier molecular flexibility index (Phi) is 4.88. The number of carbonyl (C=O) groups excluding carboxylic acids is 1. The van der Waals surface area contributed by atoms with E-state index in [1.807, 2.05) is 73.8 Å². The van der Waals surface area contributed by atoms with E-state index in [2.05, 4.69) is 22.0 Å². The maximum Gasteiger partial charge on any atom is 0.261 e. The van der Waals surface area contributed by atoms with Crippen molar-refractivity contribution in [3.63, 3.8) is 0 Å². The molecule has 0 radical (unpaired) electrons. The first-order chi connectivity index (χ1) is 15.1. The molecule has 0 fully saturated rings. The summed E-state index contributed by atoms with van der Waals surface area (Å²) in [6.07, 6.45) is 0.520. The number of furan rings is 1. The van der Waals surface area contributed by atoms with Gasteiger partial charge in [-0.2, -0.15) is 4.57 Å². The van der Waals surface area contributed by atoms with Crippen molar-refractivity contribution >= 4 is 44.4 Å². The van der Waals surface area contributed by atoms with Gasteiger partial charge in [-0.1, -0.05) is 54.6 Å². The third kappa shape index (κ3) is 3.43. The first kappa shape index (κ1) is 19.3. The van der Waals surface area contributed by atoms with Crippen LogP contribution in [0, 0.1) is 0 Å². The Balaban J connectivity index is 1.53. The molecule has 2 aromatic heterocycles. The molecule has 0 aliphatic rings. The Bertz CT molecular complexity index is 1410. The minimum Gasteiger partial charge on any atom is -0.447 e. The lowest BCUT2D eigenvalue weighted by Crippen LogP contribution is -2.37. The number of Topliss-reactive ketones (excluding diaryl/α,β-unsaturated/α-hetero) is 1. The quantitative estimate of drug-likeness (QED) is 0.413. The van der Waals surface area contributed by atoms with Gasteiger partial charge in [0, 0.05) is 6.07 Å². The van der Waals surface area contributed by atoms with Gasteiger partial charge in [-0.15, -0.1) is 0 Å². The summed E-state index contributed by atoms with van der Waals surface area (Å²) in [7, 11) is 2.04. The Labute approximate surface area is 180 Å². The summed E-state index contributed by atoms with van der Waals surface area (Å²) < 4.78 is 8.38. The van der Waals surface area contributed by atoms with Crippen molar-refractivity contribution in [3.05, 3.63) is 84.4 Å². The first-order valence-electron chi connectivity index (χ1n) is 10.4. The molecule has 0 aliphatic carbocycles. The molecular weight excluding hydrogens is 386 g/mol. The van der Waals surface area contributed by atoms with Gasteiger partial charge in [0.15, 0.2) is 5.78 Å². The molecule has 1 atom stereocenters. The molecule has 0 bridgehead atoms. The van der Waals surface area contributed by atoms with Crippen molar-refractivity contribution in [2.24, 2.45) is 12.8 Å². The van der Waals surface area contributed by atoms with Gasteiger partial charge < -0.3 is 15.5 Å². The molecule has 5 nitrogen and oxygen atoms in total. The predicted octanol–water partition coefficient (Wildman–Crippen LogP) is 4.11. The molecule has 154 valence electrons. The van der Waals surface area contributed by atoms with E-state index >= 15 is 0 Å². The summed E-state index contributed by atoms with van der Waals surface area (Å²) in [4.78, 5) is 12.8. The fraction of sp³-hybridized carbons (Fsp3) is 0.154. The van der Waals surface area contributed by atoms with Crippen LogP contribution in [0.4, 0.5) is 5.69 Å². The average molecular weight is 410 g/mol. The van der Waals surface area contributed by atoms with Crippen LogP contribution >= 0.6 is 0 Å². The molecular formula is C26H24N3O2+. The van der Waals surface area contributed by atoms with Gasteiger partial charge in [0.2, 0.25) is 11.1 Å². The summed E-state index contributed by atoms with van der Waals surface area (Å²) in [6, 6.07) is 25.4. The molecule has 0 saturated heterocycles. The van der Waals surface area contributed by atoms with Crippen LogP contribution in [-0.4, -0.2) is 18.4 Å². The van der Waals surface area contributed by atoms with Crippen LogP contribution < -0.4 is 15.6 Å². The minimum atomic E-state index is -0.563. The van der Waals surface area contributed by atoms with Gasteiger partial charge in [0.05, 0.1) is 29.0 Å². The lowest BCUT2D eigenvalue weighted by Gasteiger charge is -2.13. The van der Waals surface area contributed by atoms with E-state index in [4.69, 9.17) is 10.2 Å². The molecule has 3 aromatic carbocycles. The minimum absolute atomic E-state index is 0.0366. The van der Waals surface area contributed by atoms with Crippen LogP contribution in [-0.2, 0) is 18.3 Å². The summed E-state index contributed by atoms with van der Waals surface area (Å²) in [5, 5.41) is 5.39. The number of nitrogens with one attached hydrogen (secondary N) is 1. The van der Waals surface area contributed by atoms with E-state index in [9.17, 15) is 4.79 Å².